The average molecular weight is 422 g/mol. The number of amides is 1. The van der Waals surface area contributed by atoms with Crippen molar-refractivity contribution in [2.24, 2.45) is 0 Å². The van der Waals surface area contributed by atoms with Crippen LogP contribution in [0.25, 0.3) is 5.69 Å². The first-order chi connectivity index (χ1) is 15.0. The molecule has 0 radical (unpaired) electrons. The largest absolute Gasteiger partial charge is 0.334 e. The van der Waals surface area contributed by atoms with Crippen molar-refractivity contribution in [2.45, 2.75) is 38.1 Å². The maximum absolute atomic E-state index is 13.3. The van der Waals surface area contributed by atoms with E-state index in [1.54, 1.807) is 36.5 Å². The number of hydrogen-bond donors (Lipinski definition) is 0. The fourth-order valence-electron chi connectivity index (χ4n) is 4.04. The van der Waals surface area contributed by atoms with Gasteiger partial charge in [0.05, 0.1) is 10.6 Å². The number of carbonyl (C=O) groups excluding carboxylic acids is 1. The number of nitro benzene ring substituents is 1. The van der Waals surface area contributed by atoms with Gasteiger partial charge in [-0.15, -0.1) is 0 Å². The summed E-state index contributed by atoms with van der Waals surface area (Å²) in [6, 6.07) is 14.3. The maximum Gasteiger partial charge on any atom is 0.274 e. The fourth-order valence-corrected chi connectivity index (χ4v) is 4.04. The molecule has 1 amide bonds. The third kappa shape index (κ3) is 4.79. The summed E-state index contributed by atoms with van der Waals surface area (Å²) in [5.41, 5.74) is 1.76. The number of nitrogens with zero attached hydrogens (tertiary/aromatic N) is 4. The van der Waals surface area contributed by atoms with E-state index in [0.717, 1.165) is 31.2 Å². The Balaban J connectivity index is 1.53. The maximum atomic E-state index is 13.3. The molecule has 1 saturated carbocycles. The van der Waals surface area contributed by atoms with Gasteiger partial charge in [0.15, 0.2) is 5.69 Å². The van der Waals surface area contributed by atoms with Gasteiger partial charge in [-0.25, -0.2) is 9.07 Å². The van der Waals surface area contributed by atoms with Gasteiger partial charge in [0.2, 0.25) is 0 Å². The average Bonchev–Trinajstić information content (AvgIpc) is 3.48. The summed E-state index contributed by atoms with van der Waals surface area (Å²) in [4.78, 5) is 25.8. The highest BCUT2D eigenvalue weighted by molar-refractivity contribution is 5.92. The van der Waals surface area contributed by atoms with Gasteiger partial charge < -0.3 is 4.90 Å². The molecule has 7 nitrogen and oxygen atoms in total. The van der Waals surface area contributed by atoms with E-state index in [4.69, 9.17) is 0 Å². The highest BCUT2D eigenvalue weighted by atomic mass is 19.1. The van der Waals surface area contributed by atoms with E-state index in [1.165, 1.54) is 28.9 Å². The molecular formula is C23H23FN4O3. The zero-order chi connectivity index (χ0) is 21.8. The van der Waals surface area contributed by atoms with Gasteiger partial charge in [0, 0.05) is 30.9 Å². The van der Waals surface area contributed by atoms with Crippen molar-refractivity contribution in [3.05, 3.63) is 88.0 Å². The van der Waals surface area contributed by atoms with Gasteiger partial charge in [-0.2, -0.15) is 5.10 Å². The molecule has 1 heterocycles. The van der Waals surface area contributed by atoms with Crippen LogP contribution in [0.1, 0.15) is 41.7 Å². The third-order valence-corrected chi connectivity index (χ3v) is 5.69. The molecule has 1 aromatic heterocycles. The molecule has 0 N–H and O–H groups in total. The van der Waals surface area contributed by atoms with E-state index >= 15 is 0 Å². The van der Waals surface area contributed by atoms with Crippen molar-refractivity contribution in [3.8, 4) is 5.69 Å². The number of nitro groups is 1. The van der Waals surface area contributed by atoms with E-state index in [0.29, 0.717) is 24.3 Å². The molecule has 0 saturated heterocycles. The Morgan fingerprint density at radius 2 is 1.90 bits per heavy atom. The minimum Gasteiger partial charge on any atom is -0.334 e. The van der Waals surface area contributed by atoms with Crippen molar-refractivity contribution < 1.29 is 14.1 Å². The van der Waals surface area contributed by atoms with Crippen LogP contribution in [0, 0.1) is 15.9 Å². The van der Waals surface area contributed by atoms with Crippen LogP contribution in [0.4, 0.5) is 10.1 Å². The van der Waals surface area contributed by atoms with Gasteiger partial charge in [0.25, 0.3) is 11.6 Å². The second kappa shape index (κ2) is 9.07. The van der Waals surface area contributed by atoms with Crippen LogP contribution in [0.2, 0.25) is 0 Å². The molecule has 4 rings (SSSR count). The quantitative estimate of drug-likeness (QED) is 0.413. The Labute approximate surface area is 179 Å². The summed E-state index contributed by atoms with van der Waals surface area (Å²) in [5, 5.41) is 15.4. The van der Waals surface area contributed by atoms with E-state index in [1.807, 2.05) is 4.90 Å². The van der Waals surface area contributed by atoms with E-state index < -0.39 is 4.92 Å². The first-order valence-corrected chi connectivity index (χ1v) is 10.4. The third-order valence-electron chi connectivity index (χ3n) is 5.69. The molecule has 0 bridgehead atoms. The summed E-state index contributed by atoms with van der Waals surface area (Å²) in [6.45, 7) is 0.527. The number of benzene rings is 2. The number of rotatable bonds is 7. The van der Waals surface area contributed by atoms with Crippen molar-refractivity contribution in [2.75, 3.05) is 6.54 Å². The van der Waals surface area contributed by atoms with Gasteiger partial charge >= 0.3 is 0 Å². The molecule has 31 heavy (non-hydrogen) atoms. The SMILES string of the molecule is O=C(c1ccn(-c2cccc([N+](=O)[O-])c2)n1)N(CCc1ccc(F)cc1)C1CCCC1. The summed E-state index contributed by atoms with van der Waals surface area (Å²) < 4.78 is 14.7. The van der Waals surface area contributed by atoms with E-state index in [2.05, 4.69) is 5.10 Å². The summed E-state index contributed by atoms with van der Waals surface area (Å²) in [5.74, 6) is -0.433. The van der Waals surface area contributed by atoms with Gasteiger partial charge in [0.1, 0.15) is 5.82 Å². The first kappa shape index (κ1) is 20.7. The molecule has 0 spiro atoms. The molecule has 1 aliphatic carbocycles. The molecule has 0 aliphatic heterocycles. The molecular weight excluding hydrogens is 399 g/mol. The minimum atomic E-state index is -0.462. The molecule has 2 aromatic carbocycles. The number of non-ortho nitro benzene ring substituents is 1. The highest BCUT2D eigenvalue weighted by Gasteiger charge is 2.28. The zero-order valence-corrected chi connectivity index (χ0v) is 17.0. The number of aromatic nitrogens is 2. The number of carbonyl (C=O) groups is 1. The summed E-state index contributed by atoms with van der Waals surface area (Å²) in [7, 11) is 0. The molecule has 1 fully saturated rings. The lowest BCUT2D eigenvalue weighted by Gasteiger charge is -2.28. The topological polar surface area (TPSA) is 81.3 Å². The van der Waals surface area contributed by atoms with E-state index in [9.17, 15) is 19.3 Å². The van der Waals surface area contributed by atoms with Crippen molar-refractivity contribution >= 4 is 11.6 Å². The Bertz CT molecular complexity index is 1070. The predicted octanol–water partition coefficient (Wildman–Crippen LogP) is 4.55. The molecule has 3 aromatic rings. The second-order valence-corrected chi connectivity index (χ2v) is 7.74. The Morgan fingerprint density at radius 1 is 1.16 bits per heavy atom. The highest BCUT2D eigenvalue weighted by Crippen LogP contribution is 2.25. The predicted molar refractivity (Wildman–Crippen MR) is 114 cm³/mol. The van der Waals surface area contributed by atoms with Gasteiger partial charge in [-0.05, 0) is 49.1 Å². The van der Waals surface area contributed by atoms with Crippen molar-refractivity contribution in [1.29, 1.82) is 0 Å². The smallest absolute Gasteiger partial charge is 0.274 e. The summed E-state index contributed by atoms with van der Waals surface area (Å²) >= 11 is 0. The lowest BCUT2D eigenvalue weighted by molar-refractivity contribution is -0.384. The van der Waals surface area contributed by atoms with Crippen LogP contribution < -0.4 is 0 Å². The lowest BCUT2D eigenvalue weighted by Crippen LogP contribution is -2.40. The molecule has 0 atom stereocenters. The lowest BCUT2D eigenvalue weighted by atomic mass is 10.1. The standard InChI is InChI=1S/C23H23FN4O3/c24-18-10-8-17(9-11-18)12-14-26(19-4-1-2-5-19)23(29)22-13-15-27(25-22)20-6-3-7-21(16-20)28(30)31/h3,6-11,13,15-16,19H,1-2,4-5,12,14H2. The van der Waals surface area contributed by atoms with Gasteiger partial charge in [-0.3, -0.25) is 14.9 Å². The number of halogens is 1. The van der Waals surface area contributed by atoms with Crippen LogP contribution in [-0.2, 0) is 6.42 Å². The van der Waals surface area contributed by atoms with Crippen molar-refractivity contribution in [3.63, 3.8) is 0 Å². The molecule has 8 heteroatoms. The van der Waals surface area contributed by atoms with Crippen LogP contribution in [0.3, 0.4) is 0 Å². The molecule has 0 unspecified atom stereocenters. The molecule has 1 aliphatic rings. The van der Waals surface area contributed by atoms with Crippen LogP contribution in [0.5, 0.6) is 0 Å². The normalized spacial score (nSPS) is 14.0. The van der Waals surface area contributed by atoms with Crippen LogP contribution >= 0.6 is 0 Å². The second-order valence-electron chi connectivity index (χ2n) is 7.74. The van der Waals surface area contributed by atoms with E-state index in [-0.39, 0.29) is 23.5 Å². The van der Waals surface area contributed by atoms with Crippen LogP contribution in [-0.4, -0.2) is 38.1 Å². The summed E-state index contributed by atoms with van der Waals surface area (Å²) in [6.07, 6.45) is 6.37. The fraction of sp³-hybridized carbons (Fsp3) is 0.304. The zero-order valence-electron chi connectivity index (χ0n) is 17.0. The van der Waals surface area contributed by atoms with Gasteiger partial charge in [-0.1, -0.05) is 31.0 Å². The molecule has 160 valence electrons. The number of hydrogen-bond acceptors (Lipinski definition) is 4. The monoisotopic (exact) mass is 422 g/mol. The first-order valence-electron chi connectivity index (χ1n) is 10.4. The Morgan fingerprint density at radius 3 is 2.61 bits per heavy atom. The van der Waals surface area contributed by atoms with Crippen LogP contribution in [0.15, 0.2) is 60.8 Å². The Kier molecular flexibility index (Phi) is 6.06. The Hall–Kier alpha value is -3.55. The minimum absolute atomic E-state index is 0.0345. The van der Waals surface area contributed by atoms with Crippen molar-refractivity contribution in [1.82, 2.24) is 14.7 Å².